The van der Waals surface area contributed by atoms with E-state index in [0.717, 1.165) is 19.5 Å². The number of rotatable bonds is 5. The number of Topliss-reactive ketones (excluding diaryl/α,β-unsaturated/α-hetero) is 1. The maximum atomic E-state index is 11.3. The Hall–Kier alpha value is -0.370. The van der Waals surface area contributed by atoms with Crippen LogP contribution in [0.5, 0.6) is 0 Å². The average Bonchev–Trinajstić information content (AvgIpc) is 2.18. The SMILES string of the molecule is CCCCCCN1CCC(=O)C(C)C1. The molecule has 1 rings (SSSR count). The lowest BCUT2D eigenvalue weighted by Gasteiger charge is -2.29. The van der Waals surface area contributed by atoms with E-state index < -0.39 is 0 Å². The summed E-state index contributed by atoms with van der Waals surface area (Å²) in [7, 11) is 0. The number of nitrogens with zero attached hydrogens (tertiary/aromatic N) is 1. The molecule has 0 aromatic rings. The Kier molecular flexibility index (Phi) is 5.16. The van der Waals surface area contributed by atoms with E-state index >= 15 is 0 Å². The third-order valence-electron chi connectivity index (χ3n) is 3.08. The molecule has 82 valence electrons. The summed E-state index contributed by atoms with van der Waals surface area (Å²) in [6.45, 7) is 7.47. The van der Waals surface area contributed by atoms with Crippen molar-refractivity contribution in [1.29, 1.82) is 0 Å². The first kappa shape index (κ1) is 11.7. The number of hydrogen-bond donors (Lipinski definition) is 0. The van der Waals surface area contributed by atoms with Gasteiger partial charge in [0.25, 0.3) is 0 Å². The molecule has 0 spiro atoms. The molecule has 14 heavy (non-hydrogen) atoms. The maximum absolute atomic E-state index is 11.3. The van der Waals surface area contributed by atoms with Gasteiger partial charge in [0, 0.05) is 25.4 Å². The molecule has 0 bridgehead atoms. The van der Waals surface area contributed by atoms with Gasteiger partial charge in [-0.25, -0.2) is 0 Å². The fourth-order valence-electron chi connectivity index (χ4n) is 2.06. The molecule has 0 aromatic heterocycles. The molecule has 1 aliphatic rings. The van der Waals surface area contributed by atoms with E-state index in [1.807, 2.05) is 0 Å². The van der Waals surface area contributed by atoms with Gasteiger partial charge in [0.1, 0.15) is 5.78 Å². The molecule has 1 fully saturated rings. The first-order chi connectivity index (χ1) is 6.74. The molecule has 1 heterocycles. The van der Waals surface area contributed by atoms with Crippen molar-refractivity contribution in [3.63, 3.8) is 0 Å². The van der Waals surface area contributed by atoms with E-state index in [4.69, 9.17) is 0 Å². The highest BCUT2D eigenvalue weighted by Gasteiger charge is 2.22. The summed E-state index contributed by atoms with van der Waals surface area (Å²) in [5.41, 5.74) is 0. The van der Waals surface area contributed by atoms with E-state index in [-0.39, 0.29) is 5.92 Å². The zero-order chi connectivity index (χ0) is 10.4. The minimum atomic E-state index is 0.273. The van der Waals surface area contributed by atoms with Crippen molar-refractivity contribution < 1.29 is 4.79 Å². The monoisotopic (exact) mass is 197 g/mol. The third-order valence-corrected chi connectivity index (χ3v) is 3.08. The second-order valence-electron chi connectivity index (χ2n) is 4.48. The predicted molar refractivity (Wildman–Crippen MR) is 59.4 cm³/mol. The molecular formula is C12H23NO. The summed E-state index contributed by atoms with van der Waals surface area (Å²) >= 11 is 0. The summed E-state index contributed by atoms with van der Waals surface area (Å²) in [5, 5.41) is 0. The van der Waals surface area contributed by atoms with Crippen molar-refractivity contribution in [3.8, 4) is 0 Å². The lowest BCUT2D eigenvalue weighted by molar-refractivity contribution is -0.125. The summed E-state index contributed by atoms with van der Waals surface area (Å²) in [6, 6.07) is 0. The van der Waals surface area contributed by atoms with Crippen LogP contribution >= 0.6 is 0 Å². The molecule has 1 saturated heterocycles. The van der Waals surface area contributed by atoms with Gasteiger partial charge in [-0.2, -0.15) is 0 Å². The van der Waals surface area contributed by atoms with Crippen molar-refractivity contribution in [1.82, 2.24) is 4.90 Å². The molecule has 0 saturated carbocycles. The van der Waals surface area contributed by atoms with Gasteiger partial charge in [-0.1, -0.05) is 33.1 Å². The summed E-state index contributed by atoms with van der Waals surface area (Å²) < 4.78 is 0. The standard InChI is InChI=1S/C12H23NO/c1-3-4-5-6-8-13-9-7-12(14)11(2)10-13/h11H,3-10H2,1-2H3. The largest absolute Gasteiger partial charge is 0.302 e. The van der Waals surface area contributed by atoms with Crippen LogP contribution < -0.4 is 0 Å². The van der Waals surface area contributed by atoms with E-state index in [9.17, 15) is 4.79 Å². The van der Waals surface area contributed by atoms with Crippen molar-refractivity contribution in [2.45, 2.75) is 46.0 Å². The molecule has 1 aliphatic heterocycles. The van der Waals surface area contributed by atoms with Crippen LogP contribution in [0.2, 0.25) is 0 Å². The van der Waals surface area contributed by atoms with Gasteiger partial charge in [0.2, 0.25) is 0 Å². The van der Waals surface area contributed by atoms with Gasteiger partial charge in [0.15, 0.2) is 0 Å². The fraction of sp³-hybridized carbons (Fsp3) is 0.917. The minimum absolute atomic E-state index is 0.273. The Labute approximate surface area is 87.7 Å². The van der Waals surface area contributed by atoms with Gasteiger partial charge in [-0.05, 0) is 13.0 Å². The van der Waals surface area contributed by atoms with Gasteiger partial charge >= 0.3 is 0 Å². The molecule has 2 heteroatoms. The molecule has 1 unspecified atom stereocenters. The normalized spacial score (nSPS) is 24.1. The predicted octanol–water partition coefficient (Wildman–Crippen LogP) is 2.48. The average molecular weight is 197 g/mol. The molecular weight excluding hydrogens is 174 g/mol. The van der Waals surface area contributed by atoms with Crippen LogP contribution in [0.25, 0.3) is 0 Å². The summed E-state index contributed by atoms with van der Waals surface area (Å²) in [4.78, 5) is 13.7. The van der Waals surface area contributed by atoms with Crippen molar-refractivity contribution in [3.05, 3.63) is 0 Å². The molecule has 0 N–H and O–H groups in total. The second kappa shape index (κ2) is 6.18. The zero-order valence-electron chi connectivity index (χ0n) is 9.59. The van der Waals surface area contributed by atoms with Crippen LogP contribution in [0.3, 0.4) is 0 Å². The van der Waals surface area contributed by atoms with Gasteiger partial charge in [-0.3, -0.25) is 4.79 Å². The van der Waals surface area contributed by atoms with Gasteiger partial charge < -0.3 is 4.90 Å². The Balaban J connectivity index is 2.10. The van der Waals surface area contributed by atoms with Crippen LogP contribution in [0.4, 0.5) is 0 Å². The number of hydrogen-bond acceptors (Lipinski definition) is 2. The Bertz CT molecular complexity index is 179. The topological polar surface area (TPSA) is 20.3 Å². The molecule has 0 aromatic carbocycles. The summed E-state index contributed by atoms with van der Waals surface area (Å²) in [5.74, 6) is 0.727. The molecule has 0 amide bonds. The highest BCUT2D eigenvalue weighted by Crippen LogP contribution is 2.13. The van der Waals surface area contributed by atoms with Crippen LogP contribution in [0.15, 0.2) is 0 Å². The Morgan fingerprint density at radius 2 is 2.14 bits per heavy atom. The van der Waals surface area contributed by atoms with Gasteiger partial charge in [-0.15, -0.1) is 0 Å². The van der Waals surface area contributed by atoms with Gasteiger partial charge in [0.05, 0.1) is 0 Å². The second-order valence-corrected chi connectivity index (χ2v) is 4.48. The fourth-order valence-corrected chi connectivity index (χ4v) is 2.06. The lowest BCUT2D eigenvalue weighted by Crippen LogP contribution is -2.39. The highest BCUT2D eigenvalue weighted by atomic mass is 16.1. The number of unbranched alkanes of at least 4 members (excludes halogenated alkanes) is 3. The number of carbonyl (C=O) groups excluding carboxylic acids is 1. The van der Waals surface area contributed by atoms with Crippen LogP contribution in [0.1, 0.15) is 46.0 Å². The first-order valence-corrected chi connectivity index (χ1v) is 5.99. The quantitative estimate of drug-likeness (QED) is 0.631. The van der Waals surface area contributed by atoms with E-state index in [0.29, 0.717) is 5.78 Å². The van der Waals surface area contributed by atoms with Crippen LogP contribution in [-0.2, 0) is 4.79 Å². The molecule has 0 radical (unpaired) electrons. The molecule has 2 nitrogen and oxygen atoms in total. The Morgan fingerprint density at radius 3 is 2.79 bits per heavy atom. The van der Waals surface area contributed by atoms with E-state index in [1.54, 1.807) is 0 Å². The highest BCUT2D eigenvalue weighted by molar-refractivity contribution is 5.81. The number of ketones is 1. The van der Waals surface area contributed by atoms with Crippen LogP contribution in [0, 0.1) is 5.92 Å². The first-order valence-electron chi connectivity index (χ1n) is 5.99. The Morgan fingerprint density at radius 1 is 1.36 bits per heavy atom. The van der Waals surface area contributed by atoms with Crippen LogP contribution in [-0.4, -0.2) is 30.3 Å². The minimum Gasteiger partial charge on any atom is -0.302 e. The maximum Gasteiger partial charge on any atom is 0.138 e. The molecule has 0 aliphatic carbocycles. The number of piperidine rings is 1. The van der Waals surface area contributed by atoms with Crippen molar-refractivity contribution >= 4 is 5.78 Å². The lowest BCUT2D eigenvalue weighted by atomic mass is 9.98. The van der Waals surface area contributed by atoms with E-state index in [2.05, 4.69) is 18.7 Å². The smallest absolute Gasteiger partial charge is 0.138 e. The zero-order valence-corrected chi connectivity index (χ0v) is 9.59. The van der Waals surface area contributed by atoms with Crippen molar-refractivity contribution in [2.24, 2.45) is 5.92 Å². The summed E-state index contributed by atoms with van der Waals surface area (Å²) in [6.07, 6.45) is 6.07. The third kappa shape index (κ3) is 3.79. The van der Waals surface area contributed by atoms with E-state index in [1.165, 1.54) is 32.2 Å². The number of likely N-dealkylation sites (tertiary alicyclic amines) is 1. The van der Waals surface area contributed by atoms with Crippen molar-refractivity contribution in [2.75, 3.05) is 19.6 Å². The molecule has 1 atom stereocenters. The number of carbonyl (C=O) groups is 1.